The molecule has 1 heteroatoms. The number of hydrogen-bond donors (Lipinski definition) is 0. The Morgan fingerprint density at radius 2 is 1.04 bits per heavy atom. The van der Waals surface area contributed by atoms with Gasteiger partial charge in [0.1, 0.15) is 11.2 Å². The summed E-state index contributed by atoms with van der Waals surface area (Å²) in [5.41, 5.74) is 11.9. The van der Waals surface area contributed by atoms with Gasteiger partial charge in [-0.15, -0.1) is 0 Å². The molecule has 0 N–H and O–H groups in total. The fourth-order valence-corrected chi connectivity index (χ4v) is 8.00. The summed E-state index contributed by atoms with van der Waals surface area (Å²) in [5, 5.41) is 7.32. The first kappa shape index (κ1) is 26.3. The Hall–Kier alpha value is -5.92. The summed E-state index contributed by atoms with van der Waals surface area (Å²) in [4.78, 5) is 0. The van der Waals surface area contributed by atoms with Gasteiger partial charge in [-0.2, -0.15) is 0 Å². The van der Waals surface area contributed by atoms with Crippen LogP contribution in [0.5, 0.6) is 0 Å². The summed E-state index contributed by atoms with van der Waals surface area (Å²) in [6.07, 6.45) is 13.6. The van der Waals surface area contributed by atoms with Crippen molar-refractivity contribution in [1.29, 1.82) is 0 Å². The second-order valence-corrected chi connectivity index (χ2v) is 12.8. The minimum Gasteiger partial charge on any atom is -0.456 e. The van der Waals surface area contributed by atoms with E-state index >= 15 is 0 Å². The van der Waals surface area contributed by atoms with Crippen LogP contribution in [0.1, 0.15) is 17.0 Å². The fraction of sp³-hybridized carbons (Fsp3) is 0.0435. The summed E-state index contributed by atoms with van der Waals surface area (Å²) in [6, 6.07) is 48.7. The zero-order valence-electron chi connectivity index (χ0n) is 25.7. The van der Waals surface area contributed by atoms with Gasteiger partial charge in [0.15, 0.2) is 0 Å². The molecule has 0 fully saturated rings. The van der Waals surface area contributed by atoms with E-state index in [0.29, 0.717) is 11.8 Å². The molecule has 47 heavy (non-hydrogen) atoms. The van der Waals surface area contributed by atoms with Crippen LogP contribution in [-0.2, 0) is 0 Å². The first-order valence-corrected chi connectivity index (χ1v) is 16.4. The molecule has 2 atom stereocenters. The van der Waals surface area contributed by atoms with E-state index in [1.54, 1.807) is 0 Å². The monoisotopic (exact) mass is 598 g/mol. The molecule has 0 radical (unpaired) electrons. The summed E-state index contributed by atoms with van der Waals surface area (Å²) >= 11 is 0. The molecule has 7 aromatic carbocycles. The van der Waals surface area contributed by atoms with Crippen molar-refractivity contribution in [2.45, 2.75) is 5.92 Å². The van der Waals surface area contributed by atoms with E-state index in [1.165, 1.54) is 66.1 Å². The maximum absolute atomic E-state index is 6.51. The zero-order valence-corrected chi connectivity index (χ0v) is 25.7. The fourth-order valence-electron chi connectivity index (χ4n) is 8.00. The van der Waals surface area contributed by atoms with Crippen LogP contribution in [-0.4, -0.2) is 0 Å². The summed E-state index contributed by atoms with van der Waals surface area (Å²) in [6.45, 7) is 0. The highest BCUT2D eigenvalue weighted by atomic mass is 16.3. The van der Waals surface area contributed by atoms with E-state index < -0.39 is 0 Å². The molecular formula is C46H30O. The van der Waals surface area contributed by atoms with Crippen molar-refractivity contribution >= 4 is 49.6 Å². The van der Waals surface area contributed by atoms with Crippen LogP contribution in [0.2, 0.25) is 0 Å². The van der Waals surface area contributed by atoms with E-state index in [1.807, 2.05) is 0 Å². The van der Waals surface area contributed by atoms with Crippen molar-refractivity contribution in [3.63, 3.8) is 0 Å². The SMILES string of the molecule is C1=CC2C=Cc3cc(-c4ccc5c(c4)oc4ccc(-c6c7ccccc7c(-c7ccccc7)c7ccccc67)cc45)ccc3C2C=C1. The quantitative estimate of drug-likeness (QED) is 0.184. The maximum Gasteiger partial charge on any atom is 0.136 e. The van der Waals surface area contributed by atoms with Gasteiger partial charge in [0, 0.05) is 22.6 Å². The number of allylic oxidation sites excluding steroid dienone is 5. The van der Waals surface area contributed by atoms with Gasteiger partial charge in [0.2, 0.25) is 0 Å². The topological polar surface area (TPSA) is 13.1 Å². The number of fused-ring (bicyclic) bond motifs is 8. The van der Waals surface area contributed by atoms with E-state index in [-0.39, 0.29) is 0 Å². The van der Waals surface area contributed by atoms with Crippen LogP contribution < -0.4 is 0 Å². The third-order valence-electron chi connectivity index (χ3n) is 10.2. The second kappa shape index (κ2) is 10.3. The average molecular weight is 599 g/mol. The van der Waals surface area contributed by atoms with Crippen molar-refractivity contribution in [2.24, 2.45) is 5.92 Å². The predicted molar refractivity (Wildman–Crippen MR) is 199 cm³/mol. The lowest BCUT2D eigenvalue weighted by Crippen LogP contribution is -2.13. The van der Waals surface area contributed by atoms with Crippen LogP contribution in [0.3, 0.4) is 0 Å². The minimum atomic E-state index is 0.421. The lowest BCUT2D eigenvalue weighted by molar-refractivity contribution is 0.669. The minimum absolute atomic E-state index is 0.421. The largest absolute Gasteiger partial charge is 0.456 e. The van der Waals surface area contributed by atoms with Crippen molar-refractivity contribution in [2.75, 3.05) is 0 Å². The molecule has 2 aliphatic carbocycles. The van der Waals surface area contributed by atoms with Crippen LogP contribution >= 0.6 is 0 Å². The lowest BCUT2D eigenvalue weighted by Gasteiger charge is -2.27. The standard InChI is InChI=1S/C46H30O/c1-2-11-30(12-3-1)45-38-14-6-8-16-40(38)46(41-17-9-7-15-39(41)45)34-22-25-43-42(27-34)37-24-21-32(28-44(37)47-43)31-20-23-36-33(26-31)19-18-29-10-4-5-13-35(29)36/h1-29,35H. The number of rotatable bonds is 3. The summed E-state index contributed by atoms with van der Waals surface area (Å²) in [7, 11) is 0. The Labute approximate surface area is 273 Å². The van der Waals surface area contributed by atoms with Gasteiger partial charge < -0.3 is 4.42 Å². The predicted octanol–water partition coefficient (Wildman–Crippen LogP) is 12.7. The molecule has 1 nitrogen and oxygen atoms in total. The Morgan fingerprint density at radius 1 is 0.404 bits per heavy atom. The van der Waals surface area contributed by atoms with Gasteiger partial charge in [-0.1, -0.05) is 140 Å². The third kappa shape index (κ3) is 4.10. The molecule has 1 heterocycles. The molecule has 2 aliphatic rings. The highest BCUT2D eigenvalue weighted by Gasteiger charge is 2.24. The Morgan fingerprint density at radius 3 is 1.81 bits per heavy atom. The maximum atomic E-state index is 6.51. The molecule has 8 aromatic rings. The molecule has 0 spiro atoms. The van der Waals surface area contributed by atoms with Gasteiger partial charge in [-0.25, -0.2) is 0 Å². The molecule has 1 aromatic heterocycles. The number of furan rings is 1. The van der Waals surface area contributed by atoms with Crippen LogP contribution in [0.15, 0.2) is 168 Å². The van der Waals surface area contributed by atoms with E-state index in [4.69, 9.17) is 4.42 Å². The van der Waals surface area contributed by atoms with Gasteiger partial charge >= 0.3 is 0 Å². The highest BCUT2D eigenvalue weighted by molar-refractivity contribution is 6.22. The Bertz CT molecular complexity index is 2570. The Balaban J connectivity index is 1.12. The van der Waals surface area contributed by atoms with E-state index in [9.17, 15) is 0 Å². The molecule has 2 unspecified atom stereocenters. The normalized spacial score (nSPS) is 16.7. The second-order valence-electron chi connectivity index (χ2n) is 12.8. The molecule has 220 valence electrons. The molecule has 0 saturated heterocycles. The average Bonchev–Trinajstić information content (AvgIpc) is 3.51. The first-order chi connectivity index (χ1) is 23.3. The number of benzene rings is 7. The molecule has 0 aliphatic heterocycles. The molecule has 0 bridgehead atoms. The van der Waals surface area contributed by atoms with E-state index in [2.05, 4.69) is 170 Å². The van der Waals surface area contributed by atoms with E-state index in [0.717, 1.165) is 21.9 Å². The van der Waals surface area contributed by atoms with Crippen LogP contribution in [0.4, 0.5) is 0 Å². The molecule has 0 amide bonds. The molecular weight excluding hydrogens is 569 g/mol. The van der Waals surface area contributed by atoms with Crippen molar-refractivity contribution in [3.05, 3.63) is 175 Å². The smallest absolute Gasteiger partial charge is 0.136 e. The van der Waals surface area contributed by atoms with Gasteiger partial charge in [-0.3, -0.25) is 0 Å². The highest BCUT2D eigenvalue weighted by Crippen LogP contribution is 2.45. The summed E-state index contributed by atoms with van der Waals surface area (Å²) < 4.78 is 6.51. The van der Waals surface area contributed by atoms with Crippen LogP contribution in [0, 0.1) is 5.92 Å². The van der Waals surface area contributed by atoms with Gasteiger partial charge in [0.25, 0.3) is 0 Å². The first-order valence-electron chi connectivity index (χ1n) is 16.4. The number of hydrogen-bond acceptors (Lipinski definition) is 1. The Kier molecular flexibility index (Phi) is 5.77. The van der Waals surface area contributed by atoms with Gasteiger partial charge in [-0.05, 0) is 96.4 Å². The molecule has 10 rings (SSSR count). The zero-order chi connectivity index (χ0) is 30.9. The van der Waals surface area contributed by atoms with Gasteiger partial charge in [0.05, 0.1) is 0 Å². The lowest BCUT2D eigenvalue weighted by atomic mass is 9.76. The summed E-state index contributed by atoms with van der Waals surface area (Å²) in [5.74, 6) is 0.873. The van der Waals surface area contributed by atoms with Crippen molar-refractivity contribution in [1.82, 2.24) is 0 Å². The molecule has 0 saturated carbocycles. The van der Waals surface area contributed by atoms with Crippen molar-refractivity contribution < 1.29 is 4.42 Å². The van der Waals surface area contributed by atoms with Crippen LogP contribution in [0.25, 0.3) is 82.9 Å². The van der Waals surface area contributed by atoms with Crippen molar-refractivity contribution in [3.8, 4) is 33.4 Å². The third-order valence-corrected chi connectivity index (χ3v) is 10.2.